The minimum Gasteiger partial charge on any atom is -0.444 e. The first-order chi connectivity index (χ1) is 15.6. The second kappa shape index (κ2) is 10.3. The van der Waals surface area contributed by atoms with Crippen LogP contribution in [0.4, 0.5) is 15.0 Å². The van der Waals surface area contributed by atoms with E-state index >= 15 is 0 Å². The highest BCUT2D eigenvalue weighted by Crippen LogP contribution is 2.23. The lowest BCUT2D eigenvalue weighted by molar-refractivity contribution is -0.121. The third-order valence-corrected chi connectivity index (χ3v) is 5.53. The van der Waals surface area contributed by atoms with E-state index in [-0.39, 0.29) is 40.6 Å². The molecule has 2 aromatic rings. The van der Waals surface area contributed by atoms with E-state index in [2.05, 4.69) is 36.7 Å². The Balaban J connectivity index is 1.68. The van der Waals surface area contributed by atoms with E-state index in [0.717, 1.165) is 0 Å². The van der Waals surface area contributed by atoms with Crippen molar-refractivity contribution in [2.45, 2.75) is 45.6 Å². The minimum atomic E-state index is -0.631. The largest absolute Gasteiger partial charge is 0.444 e. The number of halogens is 2. The van der Waals surface area contributed by atoms with Gasteiger partial charge >= 0.3 is 6.09 Å². The van der Waals surface area contributed by atoms with Crippen LogP contribution in [0, 0.1) is 11.7 Å². The van der Waals surface area contributed by atoms with Gasteiger partial charge in [-0.25, -0.2) is 13.8 Å². The van der Waals surface area contributed by atoms with Gasteiger partial charge < -0.3 is 20.2 Å². The molecule has 0 radical (unpaired) electrons. The summed E-state index contributed by atoms with van der Waals surface area (Å²) in [4.78, 5) is 26.7. The maximum Gasteiger partial charge on any atom is 0.410 e. The maximum absolute atomic E-state index is 13.5. The number of amides is 2. The number of nitrogens with one attached hydrogen (secondary N) is 1. The quantitative estimate of drug-likeness (QED) is 0.343. The van der Waals surface area contributed by atoms with Crippen molar-refractivity contribution in [1.29, 1.82) is 0 Å². The fraction of sp³-hybridized carbons (Fsp3) is 0.476. The third kappa shape index (κ3) is 6.50. The summed E-state index contributed by atoms with van der Waals surface area (Å²) in [5, 5.41) is 22.9. The van der Waals surface area contributed by atoms with Crippen molar-refractivity contribution in [3.63, 3.8) is 0 Å². The number of benzene rings is 1. The molecule has 178 valence electrons. The first kappa shape index (κ1) is 24.6. The molecule has 0 spiro atoms. The van der Waals surface area contributed by atoms with Crippen molar-refractivity contribution >= 4 is 39.5 Å². The van der Waals surface area contributed by atoms with Crippen molar-refractivity contribution in [2.24, 2.45) is 11.1 Å². The molecule has 0 saturated carbocycles. The monoisotopic (exact) mass is 525 g/mol. The zero-order chi connectivity index (χ0) is 24.2. The van der Waals surface area contributed by atoms with Gasteiger partial charge in [0, 0.05) is 19.5 Å². The van der Waals surface area contributed by atoms with Gasteiger partial charge in [0.25, 0.3) is 0 Å². The Bertz CT molecular complexity index is 1050. The van der Waals surface area contributed by atoms with E-state index in [9.17, 15) is 19.2 Å². The molecule has 1 aliphatic heterocycles. The van der Waals surface area contributed by atoms with Crippen LogP contribution < -0.4 is 5.32 Å². The molecular formula is C21H25BrFN5O5. The lowest BCUT2D eigenvalue weighted by atomic mass is 9.97. The summed E-state index contributed by atoms with van der Waals surface area (Å²) < 4.78 is 23.9. The SMILES string of the molecule is CC(C)(C)OC(=O)N1CCCC(C(=O)Nc2nonc2/C(Cc2ccc(F)c(Br)c2)=N/O)C1. The van der Waals surface area contributed by atoms with Crippen LogP contribution >= 0.6 is 15.9 Å². The lowest BCUT2D eigenvalue weighted by Crippen LogP contribution is -2.45. The number of ether oxygens (including phenoxy) is 1. The summed E-state index contributed by atoms with van der Waals surface area (Å²) in [5.41, 5.74) is 0.125. The number of anilines is 1. The van der Waals surface area contributed by atoms with Crippen molar-refractivity contribution < 1.29 is 28.6 Å². The van der Waals surface area contributed by atoms with Gasteiger partial charge in [0.15, 0.2) is 5.69 Å². The number of hydrogen-bond donors (Lipinski definition) is 2. The average molecular weight is 526 g/mol. The number of carbonyl (C=O) groups excluding carboxylic acids is 2. The molecule has 1 saturated heterocycles. The summed E-state index contributed by atoms with van der Waals surface area (Å²) in [6, 6.07) is 4.35. The number of aromatic nitrogens is 2. The molecule has 12 heteroatoms. The van der Waals surface area contributed by atoms with Crippen LogP contribution in [0.3, 0.4) is 0 Å². The molecule has 1 fully saturated rings. The van der Waals surface area contributed by atoms with Crippen molar-refractivity contribution in [3.05, 3.63) is 39.7 Å². The highest BCUT2D eigenvalue weighted by Gasteiger charge is 2.32. The zero-order valence-electron chi connectivity index (χ0n) is 18.5. The second-order valence-corrected chi connectivity index (χ2v) is 9.54. The van der Waals surface area contributed by atoms with E-state index in [0.29, 0.717) is 24.9 Å². The van der Waals surface area contributed by atoms with Crippen LogP contribution in [-0.4, -0.2) is 56.8 Å². The number of hydrogen-bond acceptors (Lipinski definition) is 8. The Morgan fingerprint density at radius 3 is 2.82 bits per heavy atom. The van der Waals surface area contributed by atoms with Crippen LogP contribution in [0.15, 0.2) is 32.5 Å². The molecule has 33 heavy (non-hydrogen) atoms. The molecule has 1 aliphatic rings. The number of piperidine rings is 1. The van der Waals surface area contributed by atoms with Crippen LogP contribution in [0.2, 0.25) is 0 Å². The van der Waals surface area contributed by atoms with Gasteiger partial charge in [0.05, 0.1) is 10.4 Å². The van der Waals surface area contributed by atoms with Gasteiger partial charge in [-0.3, -0.25) is 4.79 Å². The van der Waals surface area contributed by atoms with E-state index in [1.807, 2.05) is 0 Å². The number of likely N-dealkylation sites (tertiary alicyclic amines) is 1. The number of carbonyl (C=O) groups is 2. The Morgan fingerprint density at radius 2 is 2.15 bits per heavy atom. The summed E-state index contributed by atoms with van der Waals surface area (Å²) >= 11 is 3.11. The molecule has 2 heterocycles. The molecule has 1 unspecified atom stereocenters. The summed E-state index contributed by atoms with van der Waals surface area (Å²) in [5.74, 6) is -1.30. The fourth-order valence-electron chi connectivity index (χ4n) is 3.37. The highest BCUT2D eigenvalue weighted by molar-refractivity contribution is 9.10. The molecule has 0 bridgehead atoms. The van der Waals surface area contributed by atoms with Crippen molar-refractivity contribution in [3.8, 4) is 0 Å². The van der Waals surface area contributed by atoms with Gasteiger partial charge in [-0.1, -0.05) is 11.2 Å². The van der Waals surface area contributed by atoms with Crippen LogP contribution in [0.1, 0.15) is 44.9 Å². The zero-order valence-corrected chi connectivity index (χ0v) is 20.1. The lowest BCUT2D eigenvalue weighted by Gasteiger charge is -2.33. The van der Waals surface area contributed by atoms with Gasteiger partial charge in [-0.15, -0.1) is 0 Å². The average Bonchev–Trinajstić information content (AvgIpc) is 3.21. The Labute approximate surface area is 198 Å². The minimum absolute atomic E-state index is 0.0108. The topological polar surface area (TPSA) is 130 Å². The highest BCUT2D eigenvalue weighted by atomic mass is 79.9. The predicted octanol–water partition coefficient (Wildman–Crippen LogP) is 3.98. The van der Waals surface area contributed by atoms with E-state index in [1.54, 1.807) is 26.8 Å². The maximum atomic E-state index is 13.5. The number of nitrogens with zero attached hydrogens (tertiary/aromatic N) is 4. The second-order valence-electron chi connectivity index (χ2n) is 8.69. The smallest absolute Gasteiger partial charge is 0.410 e. The molecule has 1 atom stereocenters. The van der Waals surface area contributed by atoms with Crippen molar-refractivity contribution in [1.82, 2.24) is 15.2 Å². The Hall–Kier alpha value is -3.02. The molecule has 0 aliphatic carbocycles. The van der Waals surface area contributed by atoms with E-state index in [4.69, 9.17) is 9.37 Å². The van der Waals surface area contributed by atoms with Crippen LogP contribution in [0.25, 0.3) is 0 Å². The molecule has 2 amide bonds. The van der Waals surface area contributed by atoms with Crippen LogP contribution in [0.5, 0.6) is 0 Å². The molecule has 1 aromatic carbocycles. The first-order valence-corrected chi connectivity index (χ1v) is 11.1. The van der Waals surface area contributed by atoms with Gasteiger partial charge in [-0.2, -0.15) is 0 Å². The standard InChI is InChI=1S/C21H25BrFN5O5/c1-21(2,3)32-20(30)28-8-4-5-13(11-28)19(29)24-18-17(26-33-27-18)16(25-31)10-12-6-7-15(23)14(22)9-12/h6-7,9,13,31H,4-5,8,10-11H2,1-3H3,(H,24,27,29)/b25-16+. The predicted molar refractivity (Wildman–Crippen MR) is 120 cm³/mol. The van der Waals surface area contributed by atoms with Crippen LogP contribution in [-0.2, 0) is 16.0 Å². The number of rotatable bonds is 5. The van der Waals surface area contributed by atoms with E-state index in [1.165, 1.54) is 17.0 Å². The fourth-order valence-corrected chi connectivity index (χ4v) is 3.80. The number of oxime groups is 1. The Kier molecular flexibility index (Phi) is 7.67. The van der Waals surface area contributed by atoms with Gasteiger partial charge in [0.2, 0.25) is 11.7 Å². The van der Waals surface area contributed by atoms with Gasteiger partial charge in [-0.05, 0) is 77.6 Å². The molecule has 10 nitrogen and oxygen atoms in total. The molecule has 2 N–H and O–H groups in total. The Morgan fingerprint density at radius 1 is 1.39 bits per heavy atom. The molecule has 1 aromatic heterocycles. The normalized spacial score (nSPS) is 17.1. The summed E-state index contributed by atoms with van der Waals surface area (Å²) in [6.07, 6.45) is 0.840. The first-order valence-electron chi connectivity index (χ1n) is 10.3. The van der Waals surface area contributed by atoms with Crippen molar-refractivity contribution in [2.75, 3.05) is 18.4 Å². The van der Waals surface area contributed by atoms with Gasteiger partial charge in [0.1, 0.15) is 17.1 Å². The summed E-state index contributed by atoms with van der Waals surface area (Å²) in [6.45, 7) is 6.05. The third-order valence-electron chi connectivity index (χ3n) is 4.92. The molecule has 3 rings (SSSR count). The molecular weight excluding hydrogens is 501 g/mol. The summed E-state index contributed by atoms with van der Waals surface area (Å²) in [7, 11) is 0. The van der Waals surface area contributed by atoms with E-state index < -0.39 is 23.4 Å².